The number of rotatable bonds is 6. The molecule has 0 bridgehead atoms. The van der Waals surface area contributed by atoms with Crippen molar-refractivity contribution < 1.29 is 13.2 Å². The van der Waals surface area contributed by atoms with Gasteiger partial charge in [-0.1, -0.05) is 13.0 Å². The molecule has 0 atom stereocenters. The van der Waals surface area contributed by atoms with Crippen LogP contribution in [0.3, 0.4) is 0 Å². The molecule has 5 heteroatoms. The second-order valence-electron chi connectivity index (χ2n) is 3.79. The predicted molar refractivity (Wildman–Crippen MR) is 63.1 cm³/mol. The van der Waals surface area contributed by atoms with Crippen LogP contribution in [-0.2, 0) is 6.54 Å². The largest absolute Gasteiger partial charge is 0.369 e. The maximum absolute atomic E-state index is 13.6. The molecule has 0 aromatic heterocycles. The first-order valence-electron chi connectivity index (χ1n) is 5.53. The number of nitrogens with one attached hydrogen (secondary N) is 1. The lowest BCUT2D eigenvalue weighted by Crippen LogP contribution is -2.26. The Morgan fingerprint density at radius 3 is 2.65 bits per heavy atom. The normalized spacial score (nSPS) is 10.9. The van der Waals surface area contributed by atoms with Crippen LogP contribution >= 0.6 is 0 Å². The Labute approximate surface area is 99.4 Å². The van der Waals surface area contributed by atoms with Gasteiger partial charge in [-0.25, -0.2) is 13.2 Å². The Hall–Kier alpha value is -1.23. The van der Waals surface area contributed by atoms with Crippen LogP contribution in [0.4, 0.5) is 18.9 Å². The summed E-state index contributed by atoms with van der Waals surface area (Å²) >= 11 is 0. The number of halogens is 3. The topological polar surface area (TPSA) is 15.3 Å². The molecule has 0 saturated heterocycles. The molecular formula is C12H17F3N2. The lowest BCUT2D eigenvalue weighted by molar-refractivity contribution is 0.156. The van der Waals surface area contributed by atoms with Gasteiger partial charge in [0.2, 0.25) is 0 Å². The Morgan fingerprint density at radius 2 is 2.06 bits per heavy atom. The lowest BCUT2D eigenvalue weighted by atomic mass is 10.1. The molecule has 17 heavy (non-hydrogen) atoms. The Bertz CT molecular complexity index is 356. The highest BCUT2D eigenvalue weighted by atomic mass is 19.3. The summed E-state index contributed by atoms with van der Waals surface area (Å²) < 4.78 is 38.2. The fourth-order valence-corrected chi connectivity index (χ4v) is 1.64. The summed E-state index contributed by atoms with van der Waals surface area (Å²) in [6, 6.07) is 4.52. The van der Waals surface area contributed by atoms with E-state index >= 15 is 0 Å². The minimum atomic E-state index is -2.43. The standard InChI is InChI=1S/C12H17F3N2/c1-3-16-7-9-10(13)5-4-6-11(9)17(2)8-12(14)15/h4-6,12,16H,3,7-8H2,1-2H3. The van der Waals surface area contributed by atoms with Crippen LogP contribution in [0.2, 0.25) is 0 Å². The van der Waals surface area contributed by atoms with Gasteiger partial charge in [-0.3, -0.25) is 0 Å². The van der Waals surface area contributed by atoms with Gasteiger partial charge in [0, 0.05) is 24.8 Å². The summed E-state index contributed by atoms with van der Waals surface area (Å²) in [6.07, 6.45) is -2.43. The van der Waals surface area contributed by atoms with Gasteiger partial charge in [0.15, 0.2) is 0 Å². The molecule has 0 aliphatic heterocycles. The minimum Gasteiger partial charge on any atom is -0.369 e. The third kappa shape index (κ3) is 3.93. The highest BCUT2D eigenvalue weighted by molar-refractivity contribution is 5.53. The number of hydrogen-bond acceptors (Lipinski definition) is 2. The van der Waals surface area contributed by atoms with Crippen LogP contribution in [0.25, 0.3) is 0 Å². The van der Waals surface area contributed by atoms with Crippen LogP contribution in [0.15, 0.2) is 18.2 Å². The molecule has 1 rings (SSSR count). The lowest BCUT2D eigenvalue weighted by Gasteiger charge is -2.22. The summed E-state index contributed by atoms with van der Waals surface area (Å²) in [7, 11) is 1.54. The van der Waals surface area contributed by atoms with Gasteiger partial charge in [-0.15, -0.1) is 0 Å². The molecule has 2 nitrogen and oxygen atoms in total. The van der Waals surface area contributed by atoms with Gasteiger partial charge in [-0.05, 0) is 18.7 Å². The molecule has 0 fully saturated rings. The van der Waals surface area contributed by atoms with E-state index in [1.165, 1.54) is 24.1 Å². The third-order valence-electron chi connectivity index (χ3n) is 2.47. The second kappa shape index (κ2) is 6.49. The molecule has 0 amide bonds. The molecule has 1 N–H and O–H groups in total. The van der Waals surface area contributed by atoms with Gasteiger partial charge >= 0.3 is 0 Å². The monoisotopic (exact) mass is 246 g/mol. The Balaban J connectivity index is 2.92. The van der Waals surface area contributed by atoms with Crippen molar-refractivity contribution in [2.45, 2.75) is 19.9 Å². The number of benzene rings is 1. The summed E-state index contributed by atoms with van der Waals surface area (Å²) in [5.74, 6) is -0.371. The van der Waals surface area contributed by atoms with E-state index < -0.39 is 13.0 Å². The van der Waals surface area contributed by atoms with Crippen LogP contribution in [-0.4, -0.2) is 26.6 Å². The van der Waals surface area contributed by atoms with E-state index in [0.29, 0.717) is 24.3 Å². The highest BCUT2D eigenvalue weighted by Gasteiger charge is 2.14. The van der Waals surface area contributed by atoms with Crippen LogP contribution in [0, 0.1) is 5.82 Å². The van der Waals surface area contributed by atoms with Gasteiger partial charge < -0.3 is 10.2 Å². The zero-order valence-electron chi connectivity index (χ0n) is 10.0. The number of anilines is 1. The van der Waals surface area contributed by atoms with Crippen molar-refractivity contribution in [3.63, 3.8) is 0 Å². The molecule has 0 spiro atoms. The Morgan fingerprint density at radius 1 is 1.35 bits per heavy atom. The van der Waals surface area contributed by atoms with Crippen LogP contribution in [0.1, 0.15) is 12.5 Å². The zero-order valence-corrected chi connectivity index (χ0v) is 10.0. The average molecular weight is 246 g/mol. The Kier molecular flexibility index (Phi) is 5.28. The first kappa shape index (κ1) is 13.8. The minimum absolute atomic E-state index is 0.339. The van der Waals surface area contributed by atoms with E-state index in [4.69, 9.17) is 0 Å². The number of hydrogen-bond donors (Lipinski definition) is 1. The van der Waals surface area contributed by atoms with Crippen molar-refractivity contribution in [1.82, 2.24) is 5.32 Å². The van der Waals surface area contributed by atoms with Crippen LogP contribution in [0.5, 0.6) is 0 Å². The summed E-state index contributed by atoms with van der Waals surface area (Å²) in [5, 5.41) is 3.00. The molecule has 1 aromatic carbocycles. The first-order chi connectivity index (χ1) is 8.06. The SMILES string of the molecule is CCNCc1c(F)cccc1N(C)CC(F)F. The summed E-state index contributed by atoms with van der Waals surface area (Å²) in [5.41, 5.74) is 0.934. The first-order valence-corrected chi connectivity index (χ1v) is 5.53. The summed E-state index contributed by atoms with van der Waals surface area (Å²) in [6.45, 7) is 2.55. The molecule has 0 aliphatic carbocycles. The smallest absolute Gasteiger partial charge is 0.255 e. The third-order valence-corrected chi connectivity index (χ3v) is 2.47. The highest BCUT2D eigenvalue weighted by Crippen LogP contribution is 2.22. The fraction of sp³-hybridized carbons (Fsp3) is 0.500. The maximum atomic E-state index is 13.6. The van der Waals surface area contributed by atoms with E-state index in [0.717, 1.165) is 0 Å². The number of nitrogens with zero attached hydrogens (tertiary/aromatic N) is 1. The van der Waals surface area contributed by atoms with E-state index in [1.807, 2.05) is 6.92 Å². The molecule has 0 unspecified atom stereocenters. The molecule has 0 aliphatic rings. The number of alkyl halides is 2. The van der Waals surface area contributed by atoms with E-state index in [-0.39, 0.29) is 5.82 Å². The molecule has 96 valence electrons. The van der Waals surface area contributed by atoms with Crippen molar-refractivity contribution in [1.29, 1.82) is 0 Å². The van der Waals surface area contributed by atoms with Crippen molar-refractivity contribution >= 4 is 5.69 Å². The average Bonchev–Trinajstić information content (AvgIpc) is 2.26. The van der Waals surface area contributed by atoms with Gasteiger partial charge in [-0.2, -0.15) is 0 Å². The van der Waals surface area contributed by atoms with Crippen molar-refractivity contribution in [3.8, 4) is 0 Å². The van der Waals surface area contributed by atoms with E-state index in [9.17, 15) is 13.2 Å². The summed E-state index contributed by atoms with van der Waals surface area (Å²) in [4.78, 5) is 1.38. The zero-order chi connectivity index (χ0) is 12.8. The second-order valence-corrected chi connectivity index (χ2v) is 3.79. The van der Waals surface area contributed by atoms with E-state index in [2.05, 4.69) is 5.32 Å². The molecule has 0 saturated carbocycles. The molecule has 1 aromatic rings. The van der Waals surface area contributed by atoms with Crippen molar-refractivity contribution in [2.24, 2.45) is 0 Å². The van der Waals surface area contributed by atoms with Gasteiger partial charge in [0.05, 0.1) is 6.54 Å². The molecule has 0 radical (unpaired) electrons. The quantitative estimate of drug-likeness (QED) is 0.830. The van der Waals surface area contributed by atoms with Crippen LogP contribution < -0.4 is 10.2 Å². The maximum Gasteiger partial charge on any atom is 0.255 e. The fourth-order valence-electron chi connectivity index (χ4n) is 1.64. The molecular weight excluding hydrogens is 229 g/mol. The van der Waals surface area contributed by atoms with Gasteiger partial charge in [0.25, 0.3) is 6.43 Å². The van der Waals surface area contributed by atoms with Crippen molar-refractivity contribution in [2.75, 3.05) is 25.0 Å². The van der Waals surface area contributed by atoms with Gasteiger partial charge in [0.1, 0.15) is 5.82 Å². The molecule has 0 heterocycles. The predicted octanol–water partition coefficient (Wildman–Crippen LogP) is 2.64. The van der Waals surface area contributed by atoms with E-state index in [1.54, 1.807) is 6.07 Å². The van der Waals surface area contributed by atoms with Crippen molar-refractivity contribution in [3.05, 3.63) is 29.6 Å².